The van der Waals surface area contributed by atoms with Crippen LogP contribution in [0.15, 0.2) is 27.8 Å². The highest BCUT2D eigenvalue weighted by atomic mass is 16.5. The average Bonchev–Trinajstić information content (AvgIpc) is 2.30. The van der Waals surface area contributed by atoms with Crippen LogP contribution in [0.5, 0.6) is 5.75 Å². The van der Waals surface area contributed by atoms with Crippen LogP contribution in [-0.2, 0) is 4.74 Å². The van der Waals surface area contributed by atoms with E-state index in [2.05, 4.69) is 9.97 Å². The molecule has 1 aromatic heterocycles. The first-order chi connectivity index (χ1) is 8.20. The lowest BCUT2D eigenvalue weighted by atomic mass is 10.2. The number of hydrogen-bond donors (Lipinski definition) is 2. The van der Waals surface area contributed by atoms with Crippen molar-refractivity contribution in [1.82, 2.24) is 9.97 Å². The van der Waals surface area contributed by atoms with Crippen molar-refractivity contribution in [1.29, 1.82) is 0 Å². The fraction of sp³-hybridized carbons (Fsp3) is 0.273. The summed E-state index contributed by atoms with van der Waals surface area (Å²) >= 11 is 0. The van der Waals surface area contributed by atoms with Crippen molar-refractivity contribution in [2.24, 2.45) is 0 Å². The molecule has 0 saturated heterocycles. The van der Waals surface area contributed by atoms with Crippen LogP contribution in [0.1, 0.15) is 0 Å². The number of aromatic amines is 2. The summed E-state index contributed by atoms with van der Waals surface area (Å²) in [5.41, 5.74) is -0.464. The van der Waals surface area contributed by atoms with E-state index in [0.29, 0.717) is 29.9 Å². The van der Waals surface area contributed by atoms with Gasteiger partial charge in [-0.25, -0.2) is 4.79 Å². The smallest absolute Gasteiger partial charge is 0.326 e. The normalized spacial score (nSPS) is 10.6. The van der Waals surface area contributed by atoms with E-state index in [1.807, 2.05) is 0 Å². The highest BCUT2D eigenvalue weighted by molar-refractivity contribution is 5.78. The molecule has 0 bridgehead atoms. The molecule has 17 heavy (non-hydrogen) atoms. The predicted molar refractivity (Wildman–Crippen MR) is 62.6 cm³/mol. The van der Waals surface area contributed by atoms with Crippen molar-refractivity contribution in [3.63, 3.8) is 0 Å². The maximum Gasteiger partial charge on any atom is 0.326 e. The molecular formula is C11H12N2O4. The monoisotopic (exact) mass is 236 g/mol. The van der Waals surface area contributed by atoms with Gasteiger partial charge >= 0.3 is 5.69 Å². The van der Waals surface area contributed by atoms with Gasteiger partial charge in [0.05, 0.1) is 17.5 Å². The van der Waals surface area contributed by atoms with Gasteiger partial charge in [0, 0.05) is 7.11 Å². The largest absolute Gasteiger partial charge is 0.491 e. The lowest BCUT2D eigenvalue weighted by Crippen LogP contribution is -2.21. The maximum atomic E-state index is 11.5. The topological polar surface area (TPSA) is 84.2 Å². The van der Waals surface area contributed by atoms with Gasteiger partial charge in [0.15, 0.2) is 0 Å². The predicted octanol–water partition coefficient (Wildman–Crippen LogP) is 0.242. The van der Waals surface area contributed by atoms with Crippen LogP contribution in [0.25, 0.3) is 10.9 Å². The minimum atomic E-state index is -0.518. The Morgan fingerprint density at radius 2 is 2.00 bits per heavy atom. The number of aromatic nitrogens is 2. The molecule has 1 aromatic carbocycles. The molecule has 0 amide bonds. The first-order valence-electron chi connectivity index (χ1n) is 5.09. The van der Waals surface area contributed by atoms with Crippen molar-refractivity contribution in [2.45, 2.75) is 0 Å². The molecule has 0 aliphatic rings. The lowest BCUT2D eigenvalue weighted by Gasteiger charge is -2.05. The minimum Gasteiger partial charge on any atom is -0.491 e. The summed E-state index contributed by atoms with van der Waals surface area (Å²) in [5.74, 6) is 0.562. The molecule has 90 valence electrons. The number of benzene rings is 1. The third kappa shape index (κ3) is 2.54. The highest BCUT2D eigenvalue weighted by Crippen LogP contribution is 2.15. The Labute approximate surface area is 96.2 Å². The summed E-state index contributed by atoms with van der Waals surface area (Å²) in [7, 11) is 1.58. The van der Waals surface area contributed by atoms with E-state index in [1.165, 1.54) is 0 Å². The number of nitrogens with one attached hydrogen (secondary N) is 2. The first kappa shape index (κ1) is 11.4. The quantitative estimate of drug-likeness (QED) is 0.745. The molecular weight excluding hydrogens is 224 g/mol. The molecule has 0 unspecified atom stereocenters. The zero-order chi connectivity index (χ0) is 12.3. The van der Waals surface area contributed by atoms with Gasteiger partial charge in [0.1, 0.15) is 12.4 Å². The standard InChI is InChI=1S/C11H12N2O4/c1-16-4-5-17-7-2-3-9-8(6-7)10(14)13-11(15)12-9/h2-3,6H,4-5H2,1H3,(H2,12,13,14,15). The zero-order valence-electron chi connectivity index (χ0n) is 9.28. The van der Waals surface area contributed by atoms with Crippen LogP contribution in [-0.4, -0.2) is 30.3 Å². The number of fused-ring (bicyclic) bond motifs is 1. The first-order valence-corrected chi connectivity index (χ1v) is 5.09. The molecule has 0 atom stereocenters. The summed E-state index contributed by atoms with van der Waals surface area (Å²) < 4.78 is 10.2. The molecule has 1 heterocycles. The Morgan fingerprint density at radius 1 is 1.18 bits per heavy atom. The SMILES string of the molecule is COCCOc1ccc2[nH]c(=O)[nH]c(=O)c2c1. The van der Waals surface area contributed by atoms with Crippen molar-refractivity contribution in [2.75, 3.05) is 20.3 Å². The Kier molecular flexibility index (Phi) is 3.24. The summed E-state index contributed by atoms with van der Waals surface area (Å²) in [4.78, 5) is 27.3. The molecule has 2 N–H and O–H groups in total. The van der Waals surface area contributed by atoms with E-state index in [1.54, 1.807) is 25.3 Å². The fourth-order valence-electron chi connectivity index (χ4n) is 1.48. The van der Waals surface area contributed by atoms with Gasteiger partial charge in [0.2, 0.25) is 0 Å². The van der Waals surface area contributed by atoms with Crippen LogP contribution >= 0.6 is 0 Å². The summed E-state index contributed by atoms with van der Waals surface area (Å²) in [5, 5.41) is 0.388. The zero-order valence-corrected chi connectivity index (χ0v) is 9.28. The van der Waals surface area contributed by atoms with Gasteiger partial charge in [-0.3, -0.25) is 9.78 Å². The van der Waals surface area contributed by atoms with Crippen molar-refractivity contribution in [3.8, 4) is 5.75 Å². The van der Waals surface area contributed by atoms with Gasteiger partial charge < -0.3 is 14.5 Å². The summed E-state index contributed by atoms with van der Waals surface area (Å²) in [6, 6.07) is 4.90. The fourth-order valence-corrected chi connectivity index (χ4v) is 1.48. The molecule has 0 aliphatic carbocycles. The van der Waals surface area contributed by atoms with Gasteiger partial charge in [-0.2, -0.15) is 0 Å². The average molecular weight is 236 g/mol. The van der Waals surface area contributed by atoms with Gasteiger partial charge in [-0.15, -0.1) is 0 Å². The van der Waals surface area contributed by atoms with Gasteiger partial charge in [-0.05, 0) is 18.2 Å². The maximum absolute atomic E-state index is 11.5. The highest BCUT2D eigenvalue weighted by Gasteiger charge is 2.02. The summed E-state index contributed by atoms with van der Waals surface area (Å²) in [6.07, 6.45) is 0. The molecule has 0 radical (unpaired) electrons. The van der Waals surface area contributed by atoms with Crippen LogP contribution in [0, 0.1) is 0 Å². The van der Waals surface area contributed by atoms with Crippen LogP contribution < -0.4 is 16.0 Å². The molecule has 0 spiro atoms. The Hall–Kier alpha value is -2.08. The molecule has 2 aromatic rings. The second-order valence-electron chi connectivity index (χ2n) is 3.46. The third-order valence-corrected chi connectivity index (χ3v) is 2.27. The van der Waals surface area contributed by atoms with Crippen molar-refractivity contribution in [3.05, 3.63) is 39.0 Å². The van der Waals surface area contributed by atoms with Crippen LogP contribution in [0.4, 0.5) is 0 Å². The van der Waals surface area contributed by atoms with E-state index in [4.69, 9.17) is 9.47 Å². The number of hydrogen-bond acceptors (Lipinski definition) is 4. The second-order valence-corrected chi connectivity index (χ2v) is 3.46. The molecule has 6 heteroatoms. The van der Waals surface area contributed by atoms with E-state index in [-0.39, 0.29) is 0 Å². The number of methoxy groups -OCH3 is 1. The van der Waals surface area contributed by atoms with E-state index < -0.39 is 11.2 Å². The van der Waals surface area contributed by atoms with Gasteiger partial charge in [-0.1, -0.05) is 0 Å². The molecule has 0 fully saturated rings. The Bertz CT molecular complexity index is 629. The van der Waals surface area contributed by atoms with Crippen molar-refractivity contribution >= 4 is 10.9 Å². The molecule has 6 nitrogen and oxygen atoms in total. The third-order valence-electron chi connectivity index (χ3n) is 2.27. The van der Waals surface area contributed by atoms with Gasteiger partial charge in [0.25, 0.3) is 5.56 Å². The van der Waals surface area contributed by atoms with E-state index >= 15 is 0 Å². The second kappa shape index (κ2) is 4.84. The van der Waals surface area contributed by atoms with Crippen LogP contribution in [0.3, 0.4) is 0 Å². The minimum absolute atomic E-state index is 0.388. The number of ether oxygens (including phenoxy) is 2. The Morgan fingerprint density at radius 3 is 2.76 bits per heavy atom. The summed E-state index contributed by atoms with van der Waals surface area (Å²) in [6.45, 7) is 0.878. The van der Waals surface area contributed by atoms with Crippen molar-refractivity contribution < 1.29 is 9.47 Å². The lowest BCUT2D eigenvalue weighted by molar-refractivity contribution is 0.146. The molecule has 2 rings (SSSR count). The van der Waals surface area contributed by atoms with E-state index in [0.717, 1.165) is 0 Å². The number of H-pyrrole nitrogens is 2. The number of rotatable bonds is 4. The Balaban J connectivity index is 2.37. The molecule has 0 aliphatic heterocycles. The van der Waals surface area contributed by atoms with Crippen LogP contribution in [0.2, 0.25) is 0 Å². The van der Waals surface area contributed by atoms with E-state index in [9.17, 15) is 9.59 Å². The molecule has 0 saturated carbocycles.